The zero-order valence-electron chi connectivity index (χ0n) is 11.5. The Labute approximate surface area is 139 Å². The van der Waals surface area contributed by atoms with Crippen LogP contribution < -0.4 is 5.32 Å². The maximum atomic E-state index is 11.9. The second-order valence-corrected chi connectivity index (χ2v) is 7.58. The van der Waals surface area contributed by atoms with E-state index in [9.17, 15) is 4.79 Å². The zero-order chi connectivity index (χ0) is 15.4. The van der Waals surface area contributed by atoms with Gasteiger partial charge in [-0.1, -0.05) is 64.8 Å². The summed E-state index contributed by atoms with van der Waals surface area (Å²) in [4.78, 5) is 11.9. The van der Waals surface area contributed by atoms with Crippen LogP contribution in [0.25, 0.3) is 10.6 Å². The molecule has 1 N–H and O–H groups in total. The number of amides is 1. The molecule has 112 valence electrons. The largest absolute Gasteiger partial charge is 0.300 e. The molecule has 6 nitrogen and oxygen atoms in total. The van der Waals surface area contributed by atoms with E-state index in [0.717, 1.165) is 19.9 Å². The van der Waals surface area contributed by atoms with E-state index in [1.807, 2.05) is 37.3 Å². The molecule has 3 rings (SSSR count). The van der Waals surface area contributed by atoms with Crippen LogP contribution in [0.5, 0.6) is 0 Å². The Bertz CT molecular complexity index is 771. The molecule has 0 aliphatic carbocycles. The van der Waals surface area contributed by atoms with Gasteiger partial charge in [0.2, 0.25) is 11.0 Å². The number of nitrogens with zero attached hydrogens (tertiary/aromatic N) is 4. The molecule has 3 aromatic rings. The third-order valence-electron chi connectivity index (χ3n) is 2.53. The molecule has 0 spiro atoms. The fourth-order valence-corrected chi connectivity index (χ4v) is 3.97. The number of rotatable bonds is 5. The lowest BCUT2D eigenvalue weighted by atomic mass is 10.2. The highest BCUT2D eigenvalue weighted by Crippen LogP contribution is 2.26. The van der Waals surface area contributed by atoms with Crippen molar-refractivity contribution in [1.82, 2.24) is 20.4 Å². The number of aryl methyl sites for hydroxylation is 1. The Balaban J connectivity index is 1.57. The van der Waals surface area contributed by atoms with Crippen molar-refractivity contribution in [2.45, 2.75) is 11.3 Å². The second kappa shape index (κ2) is 6.95. The molecule has 0 radical (unpaired) electrons. The summed E-state index contributed by atoms with van der Waals surface area (Å²) in [7, 11) is 0. The van der Waals surface area contributed by atoms with Gasteiger partial charge in [0.1, 0.15) is 10.0 Å². The van der Waals surface area contributed by atoms with Crippen LogP contribution in [0.3, 0.4) is 0 Å². The van der Waals surface area contributed by atoms with Gasteiger partial charge in [-0.05, 0) is 6.92 Å². The molecule has 1 aromatic carbocycles. The summed E-state index contributed by atoms with van der Waals surface area (Å²) in [6.45, 7) is 1.88. The van der Waals surface area contributed by atoms with E-state index >= 15 is 0 Å². The molecule has 22 heavy (non-hydrogen) atoms. The van der Waals surface area contributed by atoms with Crippen molar-refractivity contribution < 1.29 is 4.79 Å². The smallest absolute Gasteiger partial charge is 0.236 e. The van der Waals surface area contributed by atoms with Crippen LogP contribution in [0, 0.1) is 6.92 Å². The third kappa shape index (κ3) is 3.87. The van der Waals surface area contributed by atoms with E-state index in [0.29, 0.717) is 5.13 Å². The lowest BCUT2D eigenvalue weighted by Crippen LogP contribution is -2.13. The molecule has 0 unspecified atom stereocenters. The fraction of sp³-hybridized carbons (Fsp3) is 0.154. The SMILES string of the molecule is Cc1nnc(SCC(=O)Nc2nnc(-c3ccccc3)s2)s1. The van der Waals surface area contributed by atoms with Crippen LogP contribution in [-0.2, 0) is 4.79 Å². The van der Waals surface area contributed by atoms with Gasteiger partial charge in [0.05, 0.1) is 5.75 Å². The Kier molecular flexibility index (Phi) is 4.76. The lowest BCUT2D eigenvalue weighted by molar-refractivity contribution is -0.113. The number of hydrogen-bond acceptors (Lipinski definition) is 8. The number of anilines is 1. The zero-order valence-corrected chi connectivity index (χ0v) is 14.0. The average Bonchev–Trinajstić information content (AvgIpc) is 3.15. The number of aromatic nitrogens is 4. The summed E-state index contributed by atoms with van der Waals surface area (Å²) in [5.41, 5.74) is 0.985. The monoisotopic (exact) mass is 349 g/mol. The predicted octanol–water partition coefficient (Wildman–Crippen LogP) is 3.10. The number of hydrogen-bond donors (Lipinski definition) is 1. The molecule has 0 aliphatic rings. The number of carbonyl (C=O) groups excluding carboxylic acids is 1. The summed E-state index contributed by atoms with van der Waals surface area (Å²) >= 11 is 4.19. The standard InChI is InChI=1S/C13H11N5OS3/c1-8-15-18-13(21-8)20-7-10(19)14-12-17-16-11(22-12)9-5-3-2-4-6-9/h2-6H,7H2,1H3,(H,14,17,19). The van der Waals surface area contributed by atoms with E-state index in [4.69, 9.17) is 0 Å². The highest BCUT2D eigenvalue weighted by Gasteiger charge is 2.11. The number of thioether (sulfide) groups is 1. The normalized spacial score (nSPS) is 10.6. The first-order valence-corrected chi connectivity index (χ1v) is 8.94. The third-order valence-corrected chi connectivity index (χ3v) is 5.39. The van der Waals surface area contributed by atoms with E-state index in [-0.39, 0.29) is 11.7 Å². The summed E-state index contributed by atoms with van der Waals surface area (Å²) < 4.78 is 0.787. The van der Waals surface area contributed by atoms with Crippen LogP contribution in [0.15, 0.2) is 34.7 Å². The minimum Gasteiger partial charge on any atom is -0.300 e. The molecule has 1 amide bonds. The summed E-state index contributed by atoms with van der Waals surface area (Å²) in [5, 5.41) is 20.9. The Hall–Kier alpha value is -1.84. The van der Waals surface area contributed by atoms with Crippen molar-refractivity contribution >= 4 is 45.5 Å². The van der Waals surface area contributed by atoms with Crippen molar-refractivity contribution in [3.05, 3.63) is 35.3 Å². The van der Waals surface area contributed by atoms with Crippen LogP contribution in [0.4, 0.5) is 5.13 Å². The maximum Gasteiger partial charge on any atom is 0.236 e. The quantitative estimate of drug-likeness (QED) is 0.713. The molecule has 0 saturated carbocycles. The van der Waals surface area contributed by atoms with Crippen molar-refractivity contribution in [3.63, 3.8) is 0 Å². The van der Waals surface area contributed by atoms with Crippen LogP contribution in [0.2, 0.25) is 0 Å². The van der Waals surface area contributed by atoms with Gasteiger partial charge >= 0.3 is 0 Å². The fourth-order valence-electron chi connectivity index (χ4n) is 1.59. The minimum absolute atomic E-state index is 0.131. The molecule has 0 saturated heterocycles. The van der Waals surface area contributed by atoms with Gasteiger partial charge in [-0.15, -0.1) is 20.4 Å². The maximum absolute atomic E-state index is 11.9. The van der Waals surface area contributed by atoms with E-state index < -0.39 is 0 Å². The summed E-state index contributed by atoms with van der Waals surface area (Å²) in [6.07, 6.45) is 0. The molecular formula is C13H11N5OS3. The molecule has 9 heteroatoms. The molecule has 0 bridgehead atoms. The predicted molar refractivity (Wildman–Crippen MR) is 89.3 cm³/mol. The molecule has 2 aromatic heterocycles. The highest BCUT2D eigenvalue weighted by molar-refractivity contribution is 8.01. The van der Waals surface area contributed by atoms with Crippen LogP contribution in [-0.4, -0.2) is 32.1 Å². The first-order chi connectivity index (χ1) is 10.7. The Morgan fingerprint density at radius 3 is 2.68 bits per heavy atom. The number of benzene rings is 1. The first kappa shape index (κ1) is 15.1. The van der Waals surface area contributed by atoms with Crippen LogP contribution in [0.1, 0.15) is 5.01 Å². The van der Waals surface area contributed by atoms with Gasteiger partial charge in [-0.3, -0.25) is 10.1 Å². The van der Waals surface area contributed by atoms with Gasteiger partial charge < -0.3 is 0 Å². The molecule has 0 aliphatic heterocycles. The van der Waals surface area contributed by atoms with Gasteiger partial charge in [-0.2, -0.15) is 0 Å². The number of nitrogens with one attached hydrogen (secondary N) is 1. The average molecular weight is 349 g/mol. The van der Waals surface area contributed by atoms with Crippen molar-refractivity contribution in [3.8, 4) is 10.6 Å². The molecule has 2 heterocycles. The number of carbonyl (C=O) groups is 1. The van der Waals surface area contributed by atoms with Crippen molar-refractivity contribution in [2.24, 2.45) is 0 Å². The van der Waals surface area contributed by atoms with Gasteiger partial charge in [0.25, 0.3) is 0 Å². The lowest BCUT2D eigenvalue weighted by Gasteiger charge is -1.98. The second-order valence-electron chi connectivity index (χ2n) is 4.20. The van der Waals surface area contributed by atoms with E-state index in [1.165, 1.54) is 34.4 Å². The molecule has 0 atom stereocenters. The first-order valence-electron chi connectivity index (χ1n) is 6.32. The molecular weight excluding hydrogens is 338 g/mol. The van der Waals surface area contributed by atoms with Crippen molar-refractivity contribution in [1.29, 1.82) is 0 Å². The summed E-state index contributed by atoms with van der Waals surface area (Å²) in [6, 6.07) is 9.74. The van der Waals surface area contributed by atoms with E-state index in [1.54, 1.807) is 0 Å². The van der Waals surface area contributed by atoms with Crippen LogP contribution >= 0.6 is 34.4 Å². The Morgan fingerprint density at radius 1 is 1.14 bits per heavy atom. The molecule has 0 fully saturated rings. The minimum atomic E-state index is -0.131. The van der Waals surface area contributed by atoms with Gasteiger partial charge in [0, 0.05) is 5.56 Å². The topological polar surface area (TPSA) is 80.7 Å². The van der Waals surface area contributed by atoms with Gasteiger partial charge in [-0.25, -0.2) is 0 Å². The van der Waals surface area contributed by atoms with Gasteiger partial charge in [0.15, 0.2) is 4.34 Å². The Morgan fingerprint density at radius 2 is 1.95 bits per heavy atom. The summed E-state index contributed by atoms with van der Waals surface area (Å²) in [5.74, 6) is 0.142. The van der Waals surface area contributed by atoms with E-state index in [2.05, 4.69) is 25.7 Å². The van der Waals surface area contributed by atoms with Crippen molar-refractivity contribution in [2.75, 3.05) is 11.1 Å². The highest BCUT2D eigenvalue weighted by atomic mass is 32.2.